The second-order valence-corrected chi connectivity index (χ2v) is 4.38. The lowest BCUT2D eigenvalue weighted by Gasteiger charge is -2.05. The van der Waals surface area contributed by atoms with Crippen LogP contribution in [-0.2, 0) is 20.7 Å². The van der Waals surface area contributed by atoms with Crippen molar-refractivity contribution in [2.24, 2.45) is 0 Å². The lowest BCUT2D eigenvalue weighted by Crippen LogP contribution is -1.92. The third-order valence-electron chi connectivity index (χ3n) is 1.26. The van der Waals surface area contributed by atoms with Crippen LogP contribution in [0.1, 0.15) is 5.56 Å². The highest BCUT2D eigenvalue weighted by atomic mass is 31.2. The minimum absolute atomic E-state index is 0.166. The van der Waals surface area contributed by atoms with Crippen LogP contribution in [0.25, 0.3) is 0 Å². The van der Waals surface area contributed by atoms with Gasteiger partial charge in [0.05, 0.1) is 0 Å². The molecule has 4 nitrogen and oxygen atoms in total. The summed E-state index contributed by atoms with van der Waals surface area (Å²) in [6.07, 6.45) is 0. The summed E-state index contributed by atoms with van der Waals surface area (Å²) in [5.74, 6) is 0. The molecule has 1 aromatic carbocycles. The highest BCUT2D eigenvalue weighted by Gasteiger charge is 2.10. The zero-order chi connectivity index (χ0) is 9.73. The van der Waals surface area contributed by atoms with Crippen molar-refractivity contribution < 1.29 is 19.0 Å². The van der Waals surface area contributed by atoms with E-state index in [2.05, 4.69) is 9.56 Å². The van der Waals surface area contributed by atoms with Crippen molar-refractivity contribution >= 4 is 7.60 Å². The Labute approximate surface area is 76.6 Å². The first-order chi connectivity index (χ1) is 6.08. The first-order valence-electron chi connectivity index (χ1n) is 3.73. The molecular formula is C8H11O4P. The third kappa shape index (κ3) is 4.80. The quantitative estimate of drug-likeness (QED) is 0.460. The van der Waals surface area contributed by atoms with E-state index < -0.39 is 7.60 Å². The smallest absolute Gasteiger partial charge is 0.323 e. The summed E-state index contributed by atoms with van der Waals surface area (Å²) in [4.78, 5) is 13.3. The van der Waals surface area contributed by atoms with E-state index in [0.717, 1.165) is 12.2 Å². The summed E-state index contributed by atoms with van der Waals surface area (Å²) < 4.78 is 14.9. The molecule has 1 atom stereocenters. The molecule has 0 aliphatic carbocycles. The number of hydrogen-bond donors (Lipinski definition) is 1. The fourth-order valence-electron chi connectivity index (χ4n) is 0.766. The van der Waals surface area contributed by atoms with Crippen LogP contribution >= 0.6 is 7.60 Å². The van der Waals surface area contributed by atoms with E-state index in [1.54, 1.807) is 0 Å². The molecule has 1 aromatic rings. The summed E-state index contributed by atoms with van der Waals surface area (Å²) in [5, 5.41) is 0. The van der Waals surface area contributed by atoms with E-state index in [4.69, 9.17) is 4.89 Å². The molecule has 0 fully saturated rings. The van der Waals surface area contributed by atoms with Gasteiger partial charge in [0, 0.05) is 6.66 Å². The van der Waals surface area contributed by atoms with Gasteiger partial charge in [0.1, 0.15) is 6.61 Å². The van der Waals surface area contributed by atoms with E-state index in [-0.39, 0.29) is 6.61 Å². The maximum absolute atomic E-state index is 10.6. The molecule has 72 valence electrons. The number of rotatable bonds is 4. The second kappa shape index (κ2) is 4.53. The molecule has 1 unspecified atom stereocenters. The maximum atomic E-state index is 10.6. The second-order valence-electron chi connectivity index (χ2n) is 2.63. The Bertz CT molecular complexity index is 292. The van der Waals surface area contributed by atoms with Crippen LogP contribution in [0.3, 0.4) is 0 Å². The minimum atomic E-state index is -3.52. The van der Waals surface area contributed by atoms with Crippen LogP contribution in [0.5, 0.6) is 0 Å². The van der Waals surface area contributed by atoms with Crippen LogP contribution in [-0.4, -0.2) is 11.6 Å². The largest absolute Gasteiger partial charge is 0.352 e. The lowest BCUT2D eigenvalue weighted by molar-refractivity contribution is -0.222. The van der Waals surface area contributed by atoms with Gasteiger partial charge in [-0.1, -0.05) is 30.3 Å². The van der Waals surface area contributed by atoms with Gasteiger partial charge in [-0.25, -0.2) is 4.89 Å². The Morgan fingerprint density at radius 3 is 2.54 bits per heavy atom. The first kappa shape index (κ1) is 10.4. The normalized spacial score (nSPS) is 15.2. The Hall–Kier alpha value is -0.670. The van der Waals surface area contributed by atoms with Crippen LogP contribution in [0, 0.1) is 0 Å². The van der Waals surface area contributed by atoms with Crippen molar-refractivity contribution in [1.82, 2.24) is 0 Å². The van der Waals surface area contributed by atoms with Gasteiger partial charge < -0.3 is 4.89 Å². The monoisotopic (exact) mass is 202 g/mol. The molecule has 0 saturated carbocycles. The van der Waals surface area contributed by atoms with E-state index >= 15 is 0 Å². The van der Waals surface area contributed by atoms with Gasteiger partial charge >= 0.3 is 7.60 Å². The molecule has 13 heavy (non-hydrogen) atoms. The zero-order valence-electron chi connectivity index (χ0n) is 7.21. The fraction of sp³-hybridized carbons (Fsp3) is 0.250. The summed E-state index contributed by atoms with van der Waals surface area (Å²) >= 11 is 0. The van der Waals surface area contributed by atoms with Crippen molar-refractivity contribution in [3.8, 4) is 0 Å². The van der Waals surface area contributed by atoms with E-state index in [1.807, 2.05) is 30.3 Å². The predicted octanol–water partition coefficient (Wildman–Crippen LogP) is 1.95. The van der Waals surface area contributed by atoms with E-state index in [1.165, 1.54) is 0 Å². The van der Waals surface area contributed by atoms with E-state index in [9.17, 15) is 4.57 Å². The van der Waals surface area contributed by atoms with Crippen LogP contribution in [0.4, 0.5) is 0 Å². The van der Waals surface area contributed by atoms with Crippen molar-refractivity contribution in [1.29, 1.82) is 0 Å². The predicted molar refractivity (Wildman–Crippen MR) is 48.1 cm³/mol. The average molecular weight is 202 g/mol. The minimum Gasteiger partial charge on any atom is -0.323 e. The lowest BCUT2D eigenvalue weighted by atomic mass is 10.2. The van der Waals surface area contributed by atoms with Gasteiger partial charge in [0.15, 0.2) is 0 Å². The number of hydrogen-bond acceptors (Lipinski definition) is 3. The van der Waals surface area contributed by atoms with Gasteiger partial charge in [-0.15, -0.1) is 4.67 Å². The standard InChI is InChI=1S/C8H11O4P/c1-13(9,10)12-11-7-8-5-3-2-4-6-8/h2-6H,7H2,1H3,(H,9,10). The molecular weight excluding hydrogens is 191 g/mol. The van der Waals surface area contributed by atoms with Crippen molar-refractivity contribution in [3.63, 3.8) is 0 Å². The summed E-state index contributed by atoms with van der Waals surface area (Å²) in [6.45, 7) is 1.23. The Balaban J connectivity index is 2.33. The molecule has 0 bridgehead atoms. The van der Waals surface area contributed by atoms with Gasteiger partial charge in [0.25, 0.3) is 0 Å². The molecule has 0 saturated heterocycles. The van der Waals surface area contributed by atoms with Crippen LogP contribution in [0.2, 0.25) is 0 Å². The van der Waals surface area contributed by atoms with Gasteiger partial charge in [-0.2, -0.15) is 0 Å². The van der Waals surface area contributed by atoms with Crippen molar-refractivity contribution in [2.45, 2.75) is 6.61 Å². The molecule has 0 amide bonds. The summed E-state index contributed by atoms with van der Waals surface area (Å²) in [7, 11) is -3.52. The molecule has 1 N–H and O–H groups in total. The maximum Gasteiger partial charge on any atom is 0.352 e. The van der Waals surface area contributed by atoms with Gasteiger partial charge in [-0.3, -0.25) is 4.57 Å². The van der Waals surface area contributed by atoms with Crippen molar-refractivity contribution in [3.05, 3.63) is 35.9 Å². The summed E-state index contributed by atoms with van der Waals surface area (Å²) in [6, 6.07) is 9.25. The third-order valence-corrected chi connectivity index (χ3v) is 1.64. The SMILES string of the molecule is CP(=O)(O)OOCc1ccccc1. The Morgan fingerprint density at radius 1 is 1.38 bits per heavy atom. The molecule has 0 aliphatic heterocycles. The molecule has 0 spiro atoms. The Morgan fingerprint density at radius 2 is 2.00 bits per heavy atom. The molecule has 0 radical (unpaired) electrons. The van der Waals surface area contributed by atoms with E-state index in [0.29, 0.717) is 0 Å². The van der Waals surface area contributed by atoms with Gasteiger partial charge in [-0.05, 0) is 5.56 Å². The van der Waals surface area contributed by atoms with Crippen LogP contribution < -0.4 is 0 Å². The highest BCUT2D eigenvalue weighted by molar-refractivity contribution is 7.51. The fourth-order valence-corrected chi connectivity index (χ4v) is 1.01. The molecule has 5 heteroatoms. The molecule has 0 aliphatic rings. The first-order valence-corrected chi connectivity index (χ1v) is 5.76. The zero-order valence-corrected chi connectivity index (χ0v) is 8.11. The molecule has 1 rings (SSSR count). The molecule has 0 aromatic heterocycles. The molecule has 0 heterocycles. The summed E-state index contributed by atoms with van der Waals surface area (Å²) in [5.41, 5.74) is 0.885. The average Bonchev–Trinajstić information content (AvgIpc) is 2.04. The van der Waals surface area contributed by atoms with Crippen LogP contribution in [0.15, 0.2) is 30.3 Å². The highest BCUT2D eigenvalue weighted by Crippen LogP contribution is 2.36. The number of benzene rings is 1. The Kier molecular flexibility index (Phi) is 3.63. The topological polar surface area (TPSA) is 55.8 Å². The van der Waals surface area contributed by atoms with Crippen molar-refractivity contribution in [2.75, 3.05) is 6.66 Å². The van der Waals surface area contributed by atoms with Gasteiger partial charge in [0.2, 0.25) is 0 Å².